The topological polar surface area (TPSA) is 57.6 Å². The van der Waals surface area contributed by atoms with Crippen LogP contribution in [0.4, 0.5) is 4.39 Å². The minimum absolute atomic E-state index is 0.0701. The van der Waals surface area contributed by atoms with Gasteiger partial charge >= 0.3 is 0 Å². The highest BCUT2D eigenvalue weighted by molar-refractivity contribution is 7.10. The van der Waals surface area contributed by atoms with Crippen molar-refractivity contribution in [3.05, 3.63) is 99.5 Å². The highest BCUT2D eigenvalue weighted by atomic mass is 32.1. The van der Waals surface area contributed by atoms with E-state index in [2.05, 4.69) is 0 Å². The second-order valence-electron chi connectivity index (χ2n) is 6.43. The summed E-state index contributed by atoms with van der Waals surface area (Å²) in [4.78, 5) is 27.8. The molecule has 1 atom stereocenters. The van der Waals surface area contributed by atoms with Gasteiger partial charge in [0, 0.05) is 17.0 Å². The number of halogens is 1. The average Bonchev–Trinajstić information content (AvgIpc) is 3.32. The van der Waals surface area contributed by atoms with E-state index in [4.69, 9.17) is 0 Å². The van der Waals surface area contributed by atoms with E-state index >= 15 is 0 Å². The van der Waals surface area contributed by atoms with E-state index in [9.17, 15) is 19.1 Å². The van der Waals surface area contributed by atoms with E-state index in [1.807, 2.05) is 17.5 Å². The summed E-state index contributed by atoms with van der Waals surface area (Å²) in [5.74, 6) is -1.97. The molecule has 140 valence electrons. The van der Waals surface area contributed by atoms with Crippen LogP contribution in [0.1, 0.15) is 22.0 Å². The number of Topliss-reactive ketones (excluding diaryl/α,β-unsaturated/α-hetero) is 1. The number of carbonyl (C=O) groups is 2. The van der Waals surface area contributed by atoms with Crippen molar-refractivity contribution in [3.8, 4) is 0 Å². The Morgan fingerprint density at radius 3 is 2.36 bits per heavy atom. The lowest BCUT2D eigenvalue weighted by Gasteiger charge is -2.24. The third-order valence-electron chi connectivity index (χ3n) is 4.67. The molecule has 6 heteroatoms. The van der Waals surface area contributed by atoms with Crippen LogP contribution in [0, 0.1) is 5.82 Å². The van der Waals surface area contributed by atoms with E-state index in [0.29, 0.717) is 11.1 Å². The lowest BCUT2D eigenvalue weighted by Crippen LogP contribution is -2.28. The number of amides is 1. The predicted molar refractivity (Wildman–Crippen MR) is 105 cm³/mol. The molecule has 2 heterocycles. The molecule has 1 unspecified atom stereocenters. The fourth-order valence-electron chi connectivity index (χ4n) is 3.32. The first-order valence-electron chi connectivity index (χ1n) is 8.68. The van der Waals surface area contributed by atoms with Crippen LogP contribution >= 0.6 is 11.3 Å². The van der Waals surface area contributed by atoms with E-state index in [0.717, 1.165) is 4.88 Å². The zero-order valence-electron chi connectivity index (χ0n) is 14.7. The van der Waals surface area contributed by atoms with Crippen LogP contribution in [-0.2, 0) is 16.1 Å². The number of hydrogen-bond donors (Lipinski definition) is 1. The number of ketones is 1. The molecule has 0 radical (unpaired) electrons. The van der Waals surface area contributed by atoms with Crippen LogP contribution in [0.25, 0.3) is 5.76 Å². The van der Waals surface area contributed by atoms with Crippen molar-refractivity contribution >= 4 is 28.8 Å². The summed E-state index contributed by atoms with van der Waals surface area (Å²) in [7, 11) is 0. The molecule has 28 heavy (non-hydrogen) atoms. The smallest absolute Gasteiger partial charge is 0.295 e. The lowest BCUT2D eigenvalue weighted by atomic mass is 10.00. The Bertz CT molecular complexity index is 1040. The molecule has 0 saturated carbocycles. The monoisotopic (exact) mass is 393 g/mol. The maximum atomic E-state index is 13.2. The fourth-order valence-corrected chi connectivity index (χ4v) is 4.17. The molecule has 1 aliphatic rings. The molecule has 4 rings (SSSR count). The van der Waals surface area contributed by atoms with E-state index in [1.54, 1.807) is 42.5 Å². The number of likely N-dealkylation sites (tertiary alicyclic amines) is 1. The summed E-state index contributed by atoms with van der Waals surface area (Å²) >= 11 is 1.41. The highest BCUT2D eigenvalue weighted by Gasteiger charge is 2.46. The van der Waals surface area contributed by atoms with Gasteiger partial charge in [-0.15, -0.1) is 11.3 Å². The maximum absolute atomic E-state index is 13.2. The lowest BCUT2D eigenvalue weighted by molar-refractivity contribution is -0.140. The molecule has 4 nitrogen and oxygen atoms in total. The molecule has 0 bridgehead atoms. The highest BCUT2D eigenvalue weighted by Crippen LogP contribution is 2.41. The van der Waals surface area contributed by atoms with Gasteiger partial charge in [0.15, 0.2) is 0 Å². The number of aliphatic hydroxyl groups excluding tert-OH is 1. The molecule has 1 fully saturated rings. The van der Waals surface area contributed by atoms with Crippen LogP contribution in [-0.4, -0.2) is 21.7 Å². The SMILES string of the molecule is O=C1C(=O)N(Cc2ccc(F)cc2)C(c2cccs2)/C1=C(/O)c1ccccc1. The van der Waals surface area contributed by atoms with Gasteiger partial charge < -0.3 is 10.0 Å². The number of nitrogens with zero attached hydrogens (tertiary/aromatic N) is 1. The first-order valence-corrected chi connectivity index (χ1v) is 9.56. The molecule has 1 amide bonds. The van der Waals surface area contributed by atoms with Crippen molar-refractivity contribution in [2.24, 2.45) is 0 Å². The van der Waals surface area contributed by atoms with Crippen LogP contribution in [0.15, 0.2) is 77.7 Å². The number of benzene rings is 2. The van der Waals surface area contributed by atoms with Crippen molar-refractivity contribution in [2.45, 2.75) is 12.6 Å². The van der Waals surface area contributed by atoms with E-state index in [-0.39, 0.29) is 23.7 Å². The third kappa shape index (κ3) is 3.23. The molecule has 1 saturated heterocycles. The quantitative estimate of drug-likeness (QED) is 0.403. The number of rotatable bonds is 4. The molecule has 0 aliphatic carbocycles. The summed E-state index contributed by atoms with van der Waals surface area (Å²) in [6.45, 7) is 0.138. The largest absolute Gasteiger partial charge is 0.507 e. The number of thiophene rings is 1. The Morgan fingerprint density at radius 1 is 1.00 bits per heavy atom. The van der Waals surface area contributed by atoms with Gasteiger partial charge in [0.2, 0.25) is 0 Å². The normalized spacial score (nSPS) is 18.6. The molecule has 2 aromatic carbocycles. The maximum Gasteiger partial charge on any atom is 0.295 e. The zero-order valence-corrected chi connectivity index (χ0v) is 15.5. The van der Waals surface area contributed by atoms with Crippen molar-refractivity contribution < 1.29 is 19.1 Å². The molecule has 1 aromatic heterocycles. The van der Waals surface area contributed by atoms with Gasteiger partial charge in [-0.1, -0.05) is 48.5 Å². The molecule has 1 aliphatic heterocycles. The minimum atomic E-state index is -0.720. The van der Waals surface area contributed by atoms with Gasteiger partial charge in [0.05, 0.1) is 11.6 Å². The Labute approximate surface area is 165 Å². The van der Waals surface area contributed by atoms with Crippen LogP contribution in [0.5, 0.6) is 0 Å². The van der Waals surface area contributed by atoms with E-state index < -0.39 is 17.7 Å². The zero-order chi connectivity index (χ0) is 19.7. The molecule has 0 spiro atoms. The molecule has 3 aromatic rings. The van der Waals surface area contributed by atoms with Crippen molar-refractivity contribution in [2.75, 3.05) is 0 Å². The molecule has 1 N–H and O–H groups in total. The summed E-state index contributed by atoms with van der Waals surface area (Å²) in [6.07, 6.45) is 0. The average molecular weight is 393 g/mol. The van der Waals surface area contributed by atoms with Crippen LogP contribution in [0.3, 0.4) is 0 Å². The summed E-state index contributed by atoms with van der Waals surface area (Å²) in [5, 5.41) is 12.7. The Kier molecular flexibility index (Phi) is 4.79. The Morgan fingerprint density at radius 2 is 1.71 bits per heavy atom. The van der Waals surface area contributed by atoms with Crippen molar-refractivity contribution in [1.29, 1.82) is 0 Å². The number of aliphatic hydroxyl groups is 1. The van der Waals surface area contributed by atoms with Gasteiger partial charge in [-0.05, 0) is 29.1 Å². The van der Waals surface area contributed by atoms with Crippen LogP contribution in [0.2, 0.25) is 0 Å². The van der Waals surface area contributed by atoms with Gasteiger partial charge in [-0.2, -0.15) is 0 Å². The second-order valence-corrected chi connectivity index (χ2v) is 7.41. The van der Waals surface area contributed by atoms with E-state index in [1.165, 1.54) is 28.4 Å². The van der Waals surface area contributed by atoms with Crippen LogP contribution < -0.4 is 0 Å². The summed E-state index contributed by atoms with van der Waals surface area (Å²) in [5.41, 5.74) is 1.24. The Balaban J connectivity index is 1.81. The third-order valence-corrected chi connectivity index (χ3v) is 5.59. The fraction of sp³-hybridized carbons (Fsp3) is 0.0909. The molecular weight excluding hydrogens is 377 g/mol. The summed E-state index contributed by atoms with van der Waals surface area (Å²) in [6, 6.07) is 17.5. The molecular formula is C22H16FNO3S. The van der Waals surface area contributed by atoms with Gasteiger partial charge in [0.25, 0.3) is 11.7 Å². The first-order chi connectivity index (χ1) is 13.6. The van der Waals surface area contributed by atoms with Crippen molar-refractivity contribution in [3.63, 3.8) is 0 Å². The standard InChI is InChI=1S/C22H16FNO3S/c23-16-10-8-14(9-11-16)13-24-19(17-7-4-12-28-17)18(21(26)22(24)27)20(25)15-5-2-1-3-6-15/h1-12,19,25H,13H2/b20-18-. The number of carbonyl (C=O) groups excluding carboxylic acids is 2. The van der Waals surface area contributed by atoms with Crippen molar-refractivity contribution in [1.82, 2.24) is 4.90 Å². The minimum Gasteiger partial charge on any atom is -0.507 e. The van der Waals surface area contributed by atoms with Gasteiger partial charge in [-0.25, -0.2) is 4.39 Å². The first kappa shape index (κ1) is 18.1. The van der Waals surface area contributed by atoms with Gasteiger partial charge in [0.1, 0.15) is 11.6 Å². The second kappa shape index (κ2) is 7.40. The number of hydrogen-bond acceptors (Lipinski definition) is 4. The van der Waals surface area contributed by atoms with Gasteiger partial charge in [-0.3, -0.25) is 9.59 Å². The predicted octanol–water partition coefficient (Wildman–Crippen LogP) is 4.51. The Hall–Kier alpha value is -3.25. The summed E-state index contributed by atoms with van der Waals surface area (Å²) < 4.78 is 13.2.